The number of furan rings is 1. The number of aromatic nitrogens is 1. The summed E-state index contributed by atoms with van der Waals surface area (Å²) < 4.78 is 13.3. The lowest BCUT2D eigenvalue weighted by molar-refractivity contribution is 0.415. The number of hydrogen-bond acceptors (Lipinski definition) is 4. The van der Waals surface area contributed by atoms with Crippen LogP contribution in [0.4, 0.5) is 0 Å². The van der Waals surface area contributed by atoms with Crippen LogP contribution in [0.25, 0.3) is 23.0 Å². The first-order chi connectivity index (χ1) is 15.5. The topological polar surface area (TPSA) is 65.7 Å². The molecule has 0 saturated heterocycles. The zero-order valence-corrected chi connectivity index (χ0v) is 19.2. The molecule has 0 atom stereocenters. The highest BCUT2D eigenvalue weighted by molar-refractivity contribution is 6.32. The summed E-state index contributed by atoms with van der Waals surface area (Å²) in [6, 6.07) is 13.6. The highest BCUT2D eigenvalue weighted by atomic mass is 35.5. The van der Waals surface area contributed by atoms with E-state index in [1.165, 1.54) is 0 Å². The van der Waals surface area contributed by atoms with Gasteiger partial charge >= 0.3 is 0 Å². The van der Waals surface area contributed by atoms with Crippen molar-refractivity contribution in [3.05, 3.63) is 88.6 Å². The molecule has 1 aliphatic rings. The molecule has 0 spiro atoms. The van der Waals surface area contributed by atoms with Gasteiger partial charge in [0.2, 0.25) is 7.98 Å². The molecule has 7 heteroatoms. The molecular weight excluding hydrogens is 421 g/mol. The molecule has 0 radical (unpaired) electrons. The molecule has 32 heavy (non-hydrogen) atoms. The van der Waals surface area contributed by atoms with Crippen molar-refractivity contribution in [2.75, 3.05) is 13.7 Å². The molecule has 1 aromatic carbocycles. The molecule has 0 fully saturated rings. The second-order valence-corrected chi connectivity index (χ2v) is 8.03. The van der Waals surface area contributed by atoms with E-state index < -0.39 is 0 Å². The van der Waals surface area contributed by atoms with E-state index in [4.69, 9.17) is 31.5 Å². The summed E-state index contributed by atoms with van der Waals surface area (Å²) in [6.07, 6.45) is 8.77. The van der Waals surface area contributed by atoms with Crippen molar-refractivity contribution in [1.29, 1.82) is 0 Å². The fourth-order valence-corrected chi connectivity index (χ4v) is 4.06. The van der Waals surface area contributed by atoms with E-state index >= 15 is 0 Å². The third-order valence-corrected chi connectivity index (χ3v) is 5.69. The number of benzene rings is 1. The lowest BCUT2D eigenvalue weighted by atomic mass is 10.0. The summed E-state index contributed by atoms with van der Waals surface area (Å²) in [6.45, 7) is 2.65. The highest BCUT2D eigenvalue weighted by Crippen LogP contribution is 2.32. The Balaban J connectivity index is 1.58. The first-order valence-corrected chi connectivity index (χ1v) is 10.8. The minimum atomic E-state index is 0.547. The van der Waals surface area contributed by atoms with Gasteiger partial charge in [0.15, 0.2) is 0 Å². The fourth-order valence-electron chi connectivity index (χ4n) is 3.80. The van der Waals surface area contributed by atoms with E-state index in [-0.39, 0.29) is 0 Å². The van der Waals surface area contributed by atoms with Crippen LogP contribution in [0, 0.1) is 0 Å². The van der Waals surface area contributed by atoms with Gasteiger partial charge in [-0.2, -0.15) is 0 Å². The Morgan fingerprint density at radius 3 is 2.78 bits per heavy atom. The maximum atomic E-state index is 6.24. The number of aliphatic imine (C=N–C) groups is 1. The average molecular weight is 446 g/mol. The summed E-state index contributed by atoms with van der Waals surface area (Å²) in [5.74, 6) is 2.11. The molecule has 4 rings (SSSR count). The summed E-state index contributed by atoms with van der Waals surface area (Å²) >= 11 is 6.24. The molecule has 0 amide bonds. The minimum absolute atomic E-state index is 0.547. The smallest absolute Gasteiger partial charge is 0.223 e. The number of nitrogens with two attached hydrogens (primary N) is 1. The predicted octanol–water partition coefficient (Wildman–Crippen LogP) is 4.98. The van der Waals surface area contributed by atoms with E-state index in [2.05, 4.69) is 23.5 Å². The standard InChI is InChI=1S/C25H25BClN3O2/c1-16-14-18(29-25(16)20(11-12-28)22-4-3-13-30(22)26)6-7-19-8-10-23(32-19)17-5-9-24(31-2)21(27)15-17/h3-10,13-15H,11-12,26,28H2,1-2H3/b7-6+,25-20-. The van der Waals surface area contributed by atoms with Crippen molar-refractivity contribution in [2.45, 2.75) is 13.3 Å². The van der Waals surface area contributed by atoms with E-state index in [0.717, 1.165) is 51.8 Å². The van der Waals surface area contributed by atoms with Crippen LogP contribution in [0.5, 0.6) is 5.75 Å². The number of ether oxygens (including phenoxy) is 1. The van der Waals surface area contributed by atoms with Gasteiger partial charge in [0.25, 0.3) is 0 Å². The van der Waals surface area contributed by atoms with E-state index in [1.807, 2.05) is 62.7 Å². The number of hydrogen-bond donors (Lipinski definition) is 1. The molecule has 1 aliphatic heterocycles. The average Bonchev–Trinajstić information content (AvgIpc) is 3.51. The fraction of sp³-hybridized carbons (Fsp3) is 0.160. The van der Waals surface area contributed by atoms with Crippen molar-refractivity contribution in [3.8, 4) is 17.1 Å². The first kappa shape index (κ1) is 22.0. The van der Waals surface area contributed by atoms with Crippen LogP contribution in [0.1, 0.15) is 24.8 Å². The maximum absolute atomic E-state index is 6.24. The van der Waals surface area contributed by atoms with Gasteiger partial charge in [-0.25, -0.2) is 4.99 Å². The Morgan fingerprint density at radius 1 is 1.25 bits per heavy atom. The third kappa shape index (κ3) is 4.52. The Kier molecular flexibility index (Phi) is 6.54. The van der Waals surface area contributed by atoms with Crippen LogP contribution in [-0.4, -0.2) is 31.8 Å². The Labute approximate surface area is 194 Å². The van der Waals surface area contributed by atoms with Gasteiger partial charge in [0, 0.05) is 16.8 Å². The lowest BCUT2D eigenvalue weighted by Crippen LogP contribution is -2.05. The molecule has 3 aromatic rings. The van der Waals surface area contributed by atoms with Crippen LogP contribution < -0.4 is 10.5 Å². The molecule has 2 aromatic heterocycles. The normalized spacial score (nSPS) is 15.2. The van der Waals surface area contributed by atoms with Gasteiger partial charge in [0.05, 0.1) is 23.5 Å². The summed E-state index contributed by atoms with van der Waals surface area (Å²) in [5.41, 5.74) is 12.1. The van der Waals surface area contributed by atoms with Gasteiger partial charge in [-0.15, -0.1) is 0 Å². The summed E-state index contributed by atoms with van der Waals surface area (Å²) in [4.78, 5) is 4.87. The molecule has 0 bridgehead atoms. The Bertz CT molecular complexity index is 1260. The molecular formula is C25H25BClN3O2. The van der Waals surface area contributed by atoms with Gasteiger partial charge in [-0.1, -0.05) is 11.6 Å². The number of halogens is 1. The van der Waals surface area contributed by atoms with Crippen molar-refractivity contribution >= 4 is 36.9 Å². The first-order valence-electron chi connectivity index (χ1n) is 10.4. The van der Waals surface area contributed by atoms with E-state index in [1.54, 1.807) is 7.11 Å². The van der Waals surface area contributed by atoms with Crippen LogP contribution in [0.15, 0.2) is 81.5 Å². The maximum Gasteiger partial charge on any atom is 0.223 e. The Hall–Kier alpha value is -3.22. The lowest BCUT2D eigenvalue weighted by Gasteiger charge is -2.11. The molecule has 5 nitrogen and oxygen atoms in total. The van der Waals surface area contributed by atoms with Gasteiger partial charge in [-0.05, 0) is 92.4 Å². The van der Waals surface area contributed by atoms with Gasteiger partial charge in [0.1, 0.15) is 17.3 Å². The zero-order chi connectivity index (χ0) is 22.7. The van der Waals surface area contributed by atoms with Crippen molar-refractivity contribution in [1.82, 2.24) is 4.48 Å². The van der Waals surface area contributed by atoms with E-state index in [9.17, 15) is 0 Å². The van der Waals surface area contributed by atoms with Gasteiger partial charge in [-0.3, -0.25) is 0 Å². The minimum Gasteiger partial charge on any atom is -0.495 e. The SMILES string of the molecule is Bn1cccc1/C(CCN)=C1N=C(/C=C/c2ccc(-c3ccc(OC)c(Cl)c3)o2)C=C\1C. The van der Waals surface area contributed by atoms with Crippen LogP contribution >= 0.6 is 11.6 Å². The quantitative estimate of drug-likeness (QED) is 0.522. The van der Waals surface area contributed by atoms with Crippen molar-refractivity contribution in [2.24, 2.45) is 10.7 Å². The van der Waals surface area contributed by atoms with Crippen LogP contribution in [0.3, 0.4) is 0 Å². The molecule has 0 aliphatic carbocycles. The second kappa shape index (κ2) is 9.51. The highest BCUT2D eigenvalue weighted by Gasteiger charge is 2.17. The molecule has 3 heterocycles. The third-order valence-electron chi connectivity index (χ3n) is 5.39. The van der Waals surface area contributed by atoms with Crippen LogP contribution in [0.2, 0.25) is 5.02 Å². The largest absolute Gasteiger partial charge is 0.495 e. The van der Waals surface area contributed by atoms with Crippen molar-refractivity contribution < 1.29 is 9.15 Å². The number of methoxy groups -OCH3 is 1. The number of allylic oxidation sites excluding steroid dienone is 3. The number of rotatable bonds is 7. The predicted molar refractivity (Wildman–Crippen MR) is 135 cm³/mol. The molecule has 2 N–H and O–H groups in total. The van der Waals surface area contributed by atoms with Gasteiger partial charge < -0.3 is 19.4 Å². The molecule has 162 valence electrons. The summed E-state index contributed by atoms with van der Waals surface area (Å²) in [7, 11) is 3.63. The summed E-state index contributed by atoms with van der Waals surface area (Å²) in [5, 5.41) is 0.547. The van der Waals surface area contributed by atoms with E-state index in [0.29, 0.717) is 17.3 Å². The molecule has 0 saturated carbocycles. The van der Waals surface area contributed by atoms with Crippen LogP contribution in [-0.2, 0) is 0 Å². The number of nitrogens with zero attached hydrogens (tertiary/aromatic N) is 2. The second-order valence-electron chi connectivity index (χ2n) is 7.62. The molecule has 0 unspecified atom stereocenters. The Morgan fingerprint density at radius 2 is 2.09 bits per heavy atom. The zero-order valence-electron chi connectivity index (χ0n) is 18.4. The monoisotopic (exact) mass is 445 g/mol. The van der Waals surface area contributed by atoms with Crippen molar-refractivity contribution in [3.63, 3.8) is 0 Å².